The van der Waals surface area contributed by atoms with Crippen LogP contribution >= 0.6 is 22.4 Å². The lowest BCUT2D eigenvalue weighted by Gasteiger charge is -2.27. The molecule has 0 saturated carbocycles. The fraction of sp³-hybridized carbons (Fsp3) is 0.368. The fourth-order valence-electron chi connectivity index (χ4n) is 2.85. The van der Waals surface area contributed by atoms with E-state index in [9.17, 15) is 9.11 Å². The van der Waals surface area contributed by atoms with Crippen LogP contribution in [0.4, 0.5) is 0 Å². The van der Waals surface area contributed by atoms with Gasteiger partial charge in [0.1, 0.15) is 5.75 Å². The Hall–Kier alpha value is -1.14. The topological polar surface area (TPSA) is 49.7 Å². The molecule has 0 bridgehead atoms. The number of hydrogen-bond acceptors (Lipinski definition) is 4. The average molecular weight is 365 g/mol. The SMILES string of the molecule is CCCCCOc1ccc2c(c1)S(O)(O)CC2Sc1ccccc1. The van der Waals surface area contributed by atoms with Crippen molar-refractivity contribution in [2.75, 3.05) is 12.4 Å². The van der Waals surface area contributed by atoms with Crippen molar-refractivity contribution in [1.29, 1.82) is 0 Å². The number of benzene rings is 2. The van der Waals surface area contributed by atoms with Gasteiger partial charge in [0.2, 0.25) is 0 Å². The molecule has 2 aromatic rings. The van der Waals surface area contributed by atoms with Crippen LogP contribution in [0.3, 0.4) is 0 Å². The van der Waals surface area contributed by atoms with Crippen molar-refractivity contribution >= 4 is 22.4 Å². The number of rotatable bonds is 7. The highest BCUT2D eigenvalue weighted by Gasteiger charge is 2.35. The van der Waals surface area contributed by atoms with E-state index in [0.29, 0.717) is 17.3 Å². The first-order valence-electron chi connectivity index (χ1n) is 8.34. The van der Waals surface area contributed by atoms with Gasteiger partial charge in [0, 0.05) is 11.0 Å². The summed E-state index contributed by atoms with van der Waals surface area (Å²) in [5.74, 6) is 1.11. The molecular weight excluding hydrogens is 340 g/mol. The zero-order valence-corrected chi connectivity index (χ0v) is 15.5. The molecule has 24 heavy (non-hydrogen) atoms. The first-order valence-corrected chi connectivity index (χ1v) is 10.9. The summed E-state index contributed by atoms with van der Waals surface area (Å²) < 4.78 is 26.8. The predicted octanol–water partition coefficient (Wildman–Crippen LogP) is 6.21. The van der Waals surface area contributed by atoms with Gasteiger partial charge >= 0.3 is 0 Å². The molecule has 0 saturated heterocycles. The van der Waals surface area contributed by atoms with Gasteiger partial charge in [-0.3, -0.25) is 9.11 Å². The molecule has 5 heteroatoms. The lowest BCUT2D eigenvalue weighted by atomic mass is 10.1. The molecule has 0 spiro atoms. The fourth-order valence-corrected chi connectivity index (χ4v) is 6.41. The van der Waals surface area contributed by atoms with Crippen LogP contribution in [-0.4, -0.2) is 21.5 Å². The summed E-state index contributed by atoms with van der Waals surface area (Å²) in [6.45, 7) is 2.84. The Morgan fingerprint density at radius 1 is 1.12 bits per heavy atom. The molecule has 0 aliphatic carbocycles. The maximum absolute atomic E-state index is 10.5. The van der Waals surface area contributed by atoms with Crippen LogP contribution in [-0.2, 0) is 0 Å². The van der Waals surface area contributed by atoms with Crippen molar-refractivity contribution in [3.8, 4) is 5.75 Å². The Balaban J connectivity index is 1.75. The number of ether oxygens (including phenoxy) is 1. The number of thioether (sulfide) groups is 1. The molecule has 0 fully saturated rings. The largest absolute Gasteiger partial charge is 0.494 e. The van der Waals surface area contributed by atoms with Gasteiger partial charge in [-0.15, -0.1) is 11.8 Å². The van der Waals surface area contributed by atoms with Gasteiger partial charge in [-0.2, -0.15) is 10.6 Å². The van der Waals surface area contributed by atoms with Crippen LogP contribution < -0.4 is 4.74 Å². The zero-order chi connectivity index (χ0) is 17.0. The van der Waals surface area contributed by atoms with Gasteiger partial charge in [0.15, 0.2) is 0 Å². The van der Waals surface area contributed by atoms with E-state index in [1.165, 1.54) is 0 Å². The summed E-state index contributed by atoms with van der Waals surface area (Å²) in [7, 11) is -2.73. The van der Waals surface area contributed by atoms with Gasteiger partial charge in [-0.1, -0.05) is 44.0 Å². The summed E-state index contributed by atoms with van der Waals surface area (Å²) >= 11 is 1.69. The van der Waals surface area contributed by atoms with Crippen LogP contribution in [0.1, 0.15) is 37.0 Å². The average Bonchev–Trinajstić information content (AvgIpc) is 2.83. The van der Waals surface area contributed by atoms with E-state index in [1.54, 1.807) is 11.8 Å². The van der Waals surface area contributed by atoms with E-state index in [-0.39, 0.29) is 5.25 Å². The lowest BCUT2D eigenvalue weighted by Crippen LogP contribution is -1.99. The highest BCUT2D eigenvalue weighted by atomic mass is 32.3. The van der Waals surface area contributed by atoms with Crippen LogP contribution in [0.25, 0.3) is 0 Å². The Bertz CT molecular complexity index is 674. The molecule has 1 atom stereocenters. The van der Waals surface area contributed by atoms with Crippen LogP contribution in [0.2, 0.25) is 0 Å². The minimum Gasteiger partial charge on any atom is -0.494 e. The van der Waals surface area contributed by atoms with E-state index in [4.69, 9.17) is 4.74 Å². The Kier molecular flexibility index (Phi) is 5.76. The molecule has 2 aromatic carbocycles. The molecule has 0 aromatic heterocycles. The van der Waals surface area contributed by atoms with Crippen molar-refractivity contribution in [3.63, 3.8) is 0 Å². The number of fused-ring (bicyclic) bond motifs is 1. The second-order valence-electron chi connectivity index (χ2n) is 6.01. The monoisotopic (exact) mass is 364 g/mol. The number of unbranched alkanes of at least 4 members (excludes halogenated alkanes) is 2. The Morgan fingerprint density at radius 2 is 1.92 bits per heavy atom. The molecule has 0 amide bonds. The highest BCUT2D eigenvalue weighted by Crippen LogP contribution is 2.63. The number of hydrogen-bond donors (Lipinski definition) is 2. The standard InChI is InChI=1S/C19H24O3S2/c1-2-3-7-12-22-15-10-11-17-18(14-24(20,21)19(17)13-15)23-16-8-5-4-6-9-16/h4-6,8-11,13,18,20-21H,2-3,7,12,14H2,1H3. The van der Waals surface area contributed by atoms with Crippen LogP contribution in [0, 0.1) is 0 Å². The zero-order valence-electron chi connectivity index (χ0n) is 13.9. The van der Waals surface area contributed by atoms with E-state index in [1.807, 2.05) is 36.4 Å². The van der Waals surface area contributed by atoms with Crippen molar-refractivity contribution < 1.29 is 13.8 Å². The van der Waals surface area contributed by atoms with Crippen molar-refractivity contribution in [2.45, 2.75) is 41.2 Å². The van der Waals surface area contributed by atoms with Crippen molar-refractivity contribution in [3.05, 3.63) is 54.1 Å². The lowest BCUT2D eigenvalue weighted by molar-refractivity contribution is 0.305. The van der Waals surface area contributed by atoms with Crippen LogP contribution in [0.15, 0.2) is 58.3 Å². The molecule has 1 heterocycles. The second-order valence-corrected chi connectivity index (χ2v) is 9.39. The summed E-state index contributed by atoms with van der Waals surface area (Å²) in [5.41, 5.74) is 1.02. The van der Waals surface area contributed by atoms with Crippen molar-refractivity contribution in [2.24, 2.45) is 0 Å². The van der Waals surface area contributed by atoms with Crippen LogP contribution in [0.5, 0.6) is 5.75 Å². The van der Waals surface area contributed by atoms with Gasteiger partial charge in [0.05, 0.1) is 22.5 Å². The third-order valence-electron chi connectivity index (χ3n) is 4.11. The van der Waals surface area contributed by atoms with E-state index in [2.05, 4.69) is 19.1 Å². The summed E-state index contributed by atoms with van der Waals surface area (Å²) in [4.78, 5) is 1.80. The molecule has 2 N–H and O–H groups in total. The van der Waals surface area contributed by atoms with Crippen molar-refractivity contribution in [1.82, 2.24) is 0 Å². The summed E-state index contributed by atoms with van der Waals surface area (Å²) in [6.07, 6.45) is 3.33. The smallest absolute Gasteiger partial charge is 0.121 e. The maximum atomic E-state index is 10.5. The Morgan fingerprint density at radius 3 is 2.67 bits per heavy atom. The minimum absolute atomic E-state index is 0.0709. The maximum Gasteiger partial charge on any atom is 0.121 e. The summed E-state index contributed by atoms with van der Waals surface area (Å²) in [5, 5.41) is 0.0709. The van der Waals surface area contributed by atoms with E-state index >= 15 is 0 Å². The molecule has 3 rings (SSSR count). The van der Waals surface area contributed by atoms with E-state index in [0.717, 1.165) is 35.5 Å². The van der Waals surface area contributed by atoms with Gasteiger partial charge in [0.25, 0.3) is 0 Å². The third kappa shape index (κ3) is 4.09. The molecule has 1 aliphatic heterocycles. The molecule has 3 nitrogen and oxygen atoms in total. The molecule has 1 aliphatic rings. The second kappa shape index (κ2) is 7.83. The highest BCUT2D eigenvalue weighted by molar-refractivity contribution is 8.25. The molecule has 130 valence electrons. The molecular formula is C19H24O3S2. The summed E-state index contributed by atoms with van der Waals surface area (Å²) in [6, 6.07) is 15.9. The normalized spacial score (nSPS) is 19.7. The molecule has 0 radical (unpaired) electrons. The minimum atomic E-state index is -2.73. The van der Waals surface area contributed by atoms with Gasteiger partial charge < -0.3 is 4.74 Å². The third-order valence-corrected chi connectivity index (χ3v) is 7.42. The Labute approximate surface area is 149 Å². The predicted molar refractivity (Wildman–Crippen MR) is 102 cm³/mol. The van der Waals surface area contributed by atoms with E-state index < -0.39 is 10.6 Å². The first kappa shape index (κ1) is 17.7. The quantitative estimate of drug-likeness (QED) is 0.573. The van der Waals surface area contributed by atoms with Gasteiger partial charge in [-0.25, -0.2) is 0 Å². The van der Waals surface area contributed by atoms with Gasteiger partial charge in [-0.05, 0) is 30.2 Å². The molecule has 1 unspecified atom stereocenters. The first-order chi connectivity index (χ1) is 11.6.